The van der Waals surface area contributed by atoms with E-state index in [-0.39, 0.29) is 18.1 Å². The second kappa shape index (κ2) is 9.26. The molecule has 3 N–H and O–H groups in total. The molecule has 0 aliphatic heterocycles. The van der Waals surface area contributed by atoms with Gasteiger partial charge in [0.1, 0.15) is 6.61 Å². The van der Waals surface area contributed by atoms with Crippen LogP contribution in [0.3, 0.4) is 0 Å². The van der Waals surface area contributed by atoms with Gasteiger partial charge in [-0.25, -0.2) is 10.1 Å². The first-order valence-corrected chi connectivity index (χ1v) is 8.89. The first-order chi connectivity index (χ1) is 14.0. The van der Waals surface area contributed by atoms with E-state index in [1.165, 1.54) is 13.3 Å². The first kappa shape index (κ1) is 20.4. The summed E-state index contributed by atoms with van der Waals surface area (Å²) in [4.78, 5) is 11.8. The number of nitrogens with one attached hydrogen (secondary N) is 1. The molecule has 0 unspecified atom stereocenters. The number of hydrazone groups is 1. The molecule has 0 atom stereocenters. The fourth-order valence-corrected chi connectivity index (χ4v) is 2.71. The van der Waals surface area contributed by atoms with Crippen molar-refractivity contribution >= 4 is 41.1 Å². The molecule has 29 heavy (non-hydrogen) atoms. The van der Waals surface area contributed by atoms with Gasteiger partial charge in [-0.2, -0.15) is 5.10 Å². The van der Waals surface area contributed by atoms with Crippen LogP contribution in [0, 0.1) is 0 Å². The number of rotatable bonds is 7. The van der Waals surface area contributed by atoms with Crippen molar-refractivity contribution in [2.75, 3.05) is 12.8 Å². The summed E-state index contributed by atoms with van der Waals surface area (Å²) in [5.41, 5.74) is 9.01. The third-order valence-electron chi connectivity index (χ3n) is 3.69. The van der Waals surface area contributed by atoms with Gasteiger partial charge < -0.3 is 15.2 Å². The van der Waals surface area contributed by atoms with Gasteiger partial charge in [0.05, 0.1) is 13.3 Å². The summed E-state index contributed by atoms with van der Waals surface area (Å²) in [6.45, 7) is 0.239. The highest BCUT2D eigenvalue weighted by molar-refractivity contribution is 6.35. The van der Waals surface area contributed by atoms with Crippen molar-refractivity contribution in [2.45, 2.75) is 6.61 Å². The summed E-state index contributed by atoms with van der Waals surface area (Å²) in [6, 6.07) is 10.3. The van der Waals surface area contributed by atoms with Gasteiger partial charge in [-0.1, -0.05) is 29.3 Å². The number of ether oxygens (including phenoxy) is 2. The Hall–Kier alpha value is -3.30. The van der Waals surface area contributed by atoms with Gasteiger partial charge in [0, 0.05) is 15.6 Å². The quantitative estimate of drug-likeness (QED) is 0.430. The highest BCUT2D eigenvalue weighted by Gasteiger charge is 2.15. The fourth-order valence-electron chi connectivity index (χ4n) is 2.25. The van der Waals surface area contributed by atoms with Gasteiger partial charge in [-0.3, -0.25) is 4.79 Å². The number of hydrogen-bond donors (Lipinski definition) is 2. The van der Waals surface area contributed by atoms with Crippen LogP contribution >= 0.6 is 23.2 Å². The van der Waals surface area contributed by atoms with Gasteiger partial charge in [0.15, 0.2) is 11.5 Å². The maximum atomic E-state index is 11.8. The molecule has 0 fully saturated rings. The predicted octanol–water partition coefficient (Wildman–Crippen LogP) is 3.31. The summed E-state index contributed by atoms with van der Waals surface area (Å²) >= 11 is 12.1. The molecule has 1 aromatic heterocycles. The van der Waals surface area contributed by atoms with Gasteiger partial charge in [0.25, 0.3) is 5.91 Å². The number of carbonyl (C=O) groups is 1. The molecule has 1 amide bonds. The van der Waals surface area contributed by atoms with Gasteiger partial charge in [-0.05, 0) is 46.2 Å². The molecule has 3 rings (SSSR count). The number of aromatic nitrogens is 2. The Labute approximate surface area is 175 Å². The van der Waals surface area contributed by atoms with Crippen LogP contribution in [0.25, 0.3) is 0 Å². The molecule has 0 saturated heterocycles. The van der Waals surface area contributed by atoms with E-state index in [2.05, 4.69) is 25.5 Å². The van der Waals surface area contributed by atoms with Crippen LogP contribution in [-0.2, 0) is 6.61 Å². The van der Waals surface area contributed by atoms with Crippen molar-refractivity contribution in [1.82, 2.24) is 15.7 Å². The molecule has 3 aromatic rings. The van der Waals surface area contributed by atoms with E-state index in [4.69, 9.17) is 38.4 Å². The lowest BCUT2D eigenvalue weighted by atomic mass is 10.2. The SMILES string of the molecule is COc1cc(/C=N\NC(=O)c2nonc2N)ccc1OCc1ccc(Cl)cc1Cl. The predicted molar refractivity (Wildman–Crippen MR) is 108 cm³/mol. The summed E-state index contributed by atoms with van der Waals surface area (Å²) < 4.78 is 15.5. The van der Waals surface area contributed by atoms with E-state index in [1.54, 1.807) is 36.4 Å². The third kappa shape index (κ3) is 5.15. The Morgan fingerprint density at radius 3 is 2.76 bits per heavy atom. The molecular weight excluding hydrogens is 421 g/mol. The van der Waals surface area contributed by atoms with Crippen LogP contribution < -0.4 is 20.6 Å². The Bertz CT molecular complexity index is 1050. The number of amides is 1. The van der Waals surface area contributed by atoms with Crippen molar-refractivity contribution in [3.05, 3.63) is 63.3 Å². The van der Waals surface area contributed by atoms with E-state index in [1.807, 2.05) is 0 Å². The average Bonchev–Trinajstić information content (AvgIpc) is 3.13. The summed E-state index contributed by atoms with van der Waals surface area (Å²) in [6.07, 6.45) is 1.42. The number of hydrogen-bond acceptors (Lipinski definition) is 8. The fraction of sp³-hybridized carbons (Fsp3) is 0.111. The smallest absolute Gasteiger partial charge is 0.297 e. The van der Waals surface area contributed by atoms with Crippen molar-refractivity contribution in [1.29, 1.82) is 0 Å². The Balaban J connectivity index is 1.65. The van der Waals surface area contributed by atoms with Crippen LogP contribution in [0.5, 0.6) is 11.5 Å². The van der Waals surface area contributed by atoms with Gasteiger partial charge >= 0.3 is 0 Å². The van der Waals surface area contributed by atoms with Crippen LogP contribution in [0.15, 0.2) is 46.1 Å². The van der Waals surface area contributed by atoms with Crippen LogP contribution in [0.2, 0.25) is 10.0 Å². The number of nitrogens with zero attached hydrogens (tertiary/aromatic N) is 3. The lowest BCUT2D eigenvalue weighted by Gasteiger charge is -2.12. The van der Waals surface area contributed by atoms with Crippen molar-refractivity contribution < 1.29 is 18.9 Å². The number of methoxy groups -OCH3 is 1. The van der Waals surface area contributed by atoms with Crippen molar-refractivity contribution in [3.63, 3.8) is 0 Å². The zero-order valence-electron chi connectivity index (χ0n) is 15.1. The van der Waals surface area contributed by atoms with E-state index in [0.717, 1.165) is 5.56 Å². The monoisotopic (exact) mass is 435 g/mol. The molecule has 9 nitrogen and oxygen atoms in total. The van der Waals surface area contributed by atoms with Gasteiger partial charge in [-0.15, -0.1) is 0 Å². The Morgan fingerprint density at radius 2 is 2.07 bits per heavy atom. The molecule has 0 radical (unpaired) electrons. The van der Waals surface area contributed by atoms with Gasteiger partial charge in [0.2, 0.25) is 11.5 Å². The first-order valence-electron chi connectivity index (χ1n) is 8.14. The molecule has 0 bridgehead atoms. The summed E-state index contributed by atoms with van der Waals surface area (Å²) in [7, 11) is 1.51. The van der Waals surface area contributed by atoms with Crippen LogP contribution in [0.4, 0.5) is 5.82 Å². The average molecular weight is 436 g/mol. The topological polar surface area (TPSA) is 125 Å². The van der Waals surface area contributed by atoms with Crippen molar-refractivity contribution in [2.24, 2.45) is 5.10 Å². The number of anilines is 1. The number of nitrogen functional groups attached to an aromatic ring is 1. The maximum Gasteiger partial charge on any atom is 0.297 e. The molecule has 0 aliphatic carbocycles. The zero-order chi connectivity index (χ0) is 20.8. The number of halogens is 2. The highest BCUT2D eigenvalue weighted by Crippen LogP contribution is 2.29. The Kier molecular flexibility index (Phi) is 6.53. The van der Waals surface area contributed by atoms with E-state index < -0.39 is 5.91 Å². The van der Waals surface area contributed by atoms with E-state index >= 15 is 0 Å². The minimum absolute atomic E-state index is 0.123. The molecule has 11 heteroatoms. The second-order valence-corrected chi connectivity index (χ2v) is 6.48. The van der Waals surface area contributed by atoms with E-state index in [0.29, 0.717) is 27.1 Å². The molecule has 1 heterocycles. The van der Waals surface area contributed by atoms with E-state index in [9.17, 15) is 4.79 Å². The molecule has 150 valence electrons. The standard InChI is InChI=1S/C18H15Cl2N5O4/c1-27-15-6-10(8-22-23-18(26)16-17(21)25-29-24-16)2-5-14(15)28-9-11-3-4-12(19)7-13(11)20/h2-8H,9H2,1H3,(H2,21,25)(H,23,26)/b22-8-. The zero-order valence-corrected chi connectivity index (χ0v) is 16.6. The second-order valence-electron chi connectivity index (χ2n) is 5.63. The number of nitrogens with two attached hydrogens (primary N) is 1. The van der Waals surface area contributed by atoms with Crippen LogP contribution in [0.1, 0.15) is 21.6 Å². The molecule has 0 spiro atoms. The largest absolute Gasteiger partial charge is 0.493 e. The minimum Gasteiger partial charge on any atom is -0.493 e. The molecule has 2 aromatic carbocycles. The Morgan fingerprint density at radius 1 is 1.24 bits per heavy atom. The molecular formula is C18H15Cl2N5O4. The lowest BCUT2D eigenvalue weighted by Crippen LogP contribution is -2.19. The normalized spacial score (nSPS) is 10.9. The minimum atomic E-state index is -0.647. The summed E-state index contributed by atoms with van der Waals surface area (Å²) in [5, 5.41) is 11.6. The molecule has 0 saturated carbocycles. The molecule has 0 aliphatic rings. The lowest BCUT2D eigenvalue weighted by molar-refractivity contribution is 0.0946. The summed E-state index contributed by atoms with van der Waals surface area (Å²) in [5.74, 6) is 0.227. The number of carbonyl (C=O) groups excluding carboxylic acids is 1. The van der Waals surface area contributed by atoms with Crippen molar-refractivity contribution in [3.8, 4) is 11.5 Å². The maximum absolute atomic E-state index is 11.8. The third-order valence-corrected chi connectivity index (χ3v) is 4.28. The number of benzene rings is 2. The van der Waals surface area contributed by atoms with Crippen LogP contribution in [-0.4, -0.2) is 29.5 Å². The highest BCUT2D eigenvalue weighted by atomic mass is 35.5.